The maximum Gasteiger partial charge on any atom is 0.272 e. The molecular weight excluding hydrogens is 262 g/mol. The summed E-state index contributed by atoms with van der Waals surface area (Å²) < 4.78 is 28.7. The molecule has 0 aliphatic carbocycles. The molecule has 0 saturated heterocycles. The van der Waals surface area contributed by atoms with Crippen LogP contribution < -0.4 is 10.4 Å². The molecule has 0 spiro atoms. The lowest BCUT2D eigenvalue weighted by Gasteiger charge is -2.20. The summed E-state index contributed by atoms with van der Waals surface area (Å²) in [6.45, 7) is 6.69. The van der Waals surface area contributed by atoms with E-state index in [9.17, 15) is 8.22 Å². The SMILES string of the molecule is C[Si](C)(F)c1ccc([Si](C)(C)F)c2ccccc12. The number of hydrogen-bond donors (Lipinski definition) is 0. The average Bonchev–Trinajstić information content (AvgIpc) is 2.24. The van der Waals surface area contributed by atoms with Crippen molar-refractivity contribution in [2.24, 2.45) is 0 Å². The highest BCUT2D eigenvalue weighted by Crippen LogP contribution is 2.18. The van der Waals surface area contributed by atoms with Crippen LogP contribution in [0.1, 0.15) is 0 Å². The van der Waals surface area contributed by atoms with Crippen LogP contribution in [0.25, 0.3) is 10.8 Å². The summed E-state index contributed by atoms with van der Waals surface area (Å²) in [5.74, 6) is 0. The van der Waals surface area contributed by atoms with Gasteiger partial charge in [0.25, 0.3) is 16.8 Å². The van der Waals surface area contributed by atoms with Crippen LogP contribution in [0, 0.1) is 0 Å². The van der Waals surface area contributed by atoms with E-state index in [1.165, 1.54) is 0 Å². The number of fused-ring (bicyclic) bond motifs is 1. The zero-order chi connectivity index (χ0) is 13.6. The van der Waals surface area contributed by atoms with Crippen molar-refractivity contribution in [2.45, 2.75) is 26.2 Å². The fraction of sp³-hybridized carbons (Fsp3) is 0.286. The molecule has 0 radical (unpaired) electrons. The van der Waals surface area contributed by atoms with Gasteiger partial charge in [0.2, 0.25) is 0 Å². The fourth-order valence-corrected chi connectivity index (χ4v) is 5.01. The highest BCUT2D eigenvalue weighted by Gasteiger charge is 2.30. The monoisotopic (exact) mass is 280 g/mol. The van der Waals surface area contributed by atoms with E-state index in [1.54, 1.807) is 38.3 Å². The minimum Gasteiger partial charge on any atom is -0.308 e. The first kappa shape index (κ1) is 13.4. The van der Waals surface area contributed by atoms with Gasteiger partial charge in [-0.1, -0.05) is 36.4 Å². The van der Waals surface area contributed by atoms with E-state index in [0.29, 0.717) is 0 Å². The summed E-state index contributed by atoms with van der Waals surface area (Å²) in [7, 11) is -5.77. The number of rotatable bonds is 2. The summed E-state index contributed by atoms with van der Waals surface area (Å²) in [5, 5.41) is 3.29. The van der Waals surface area contributed by atoms with Crippen LogP contribution in [-0.4, -0.2) is 16.8 Å². The third-order valence-electron chi connectivity index (χ3n) is 3.21. The Morgan fingerprint density at radius 3 is 1.28 bits per heavy atom. The Balaban J connectivity index is 2.83. The Kier molecular flexibility index (Phi) is 3.19. The van der Waals surface area contributed by atoms with Crippen molar-refractivity contribution >= 4 is 38.0 Å². The van der Waals surface area contributed by atoms with Crippen molar-refractivity contribution in [3.05, 3.63) is 36.4 Å². The second-order valence-corrected chi connectivity index (χ2v) is 12.6. The molecule has 4 heteroatoms. The van der Waals surface area contributed by atoms with Gasteiger partial charge >= 0.3 is 0 Å². The van der Waals surface area contributed by atoms with Gasteiger partial charge in [-0.2, -0.15) is 0 Å². The van der Waals surface area contributed by atoms with E-state index in [2.05, 4.69) is 0 Å². The summed E-state index contributed by atoms with van der Waals surface area (Å²) >= 11 is 0. The lowest BCUT2D eigenvalue weighted by atomic mass is 10.1. The highest BCUT2D eigenvalue weighted by atomic mass is 28.4. The summed E-state index contributed by atoms with van der Waals surface area (Å²) in [4.78, 5) is 0. The first-order valence-corrected chi connectivity index (χ1v) is 11.9. The summed E-state index contributed by atoms with van der Waals surface area (Å²) in [6, 6.07) is 11.2. The van der Waals surface area contributed by atoms with Crippen molar-refractivity contribution in [1.29, 1.82) is 0 Å². The Hall–Kier alpha value is -1.01. The van der Waals surface area contributed by atoms with Gasteiger partial charge in [-0.25, -0.2) is 0 Å². The predicted octanol–water partition coefficient (Wildman–Crippen LogP) is 3.60. The zero-order valence-electron chi connectivity index (χ0n) is 11.2. The molecule has 96 valence electrons. The van der Waals surface area contributed by atoms with Crippen molar-refractivity contribution < 1.29 is 8.22 Å². The van der Waals surface area contributed by atoms with Gasteiger partial charge < -0.3 is 8.22 Å². The molecule has 2 aromatic carbocycles. The Labute approximate surface area is 109 Å². The van der Waals surface area contributed by atoms with Crippen molar-refractivity contribution in [3.63, 3.8) is 0 Å². The minimum atomic E-state index is -2.89. The van der Waals surface area contributed by atoms with Crippen molar-refractivity contribution in [1.82, 2.24) is 0 Å². The van der Waals surface area contributed by atoms with E-state index in [1.807, 2.05) is 24.3 Å². The average molecular weight is 280 g/mol. The molecule has 0 fully saturated rings. The lowest BCUT2D eigenvalue weighted by molar-refractivity contribution is 0.820. The Morgan fingerprint density at radius 1 is 0.667 bits per heavy atom. The van der Waals surface area contributed by atoms with E-state index in [-0.39, 0.29) is 0 Å². The second-order valence-electron chi connectivity index (χ2n) is 5.65. The molecule has 0 atom stereocenters. The molecule has 0 nitrogen and oxygen atoms in total. The van der Waals surface area contributed by atoms with Crippen LogP contribution in [0.15, 0.2) is 36.4 Å². The maximum atomic E-state index is 14.3. The minimum absolute atomic E-state index is 0.764. The summed E-state index contributed by atoms with van der Waals surface area (Å²) in [6.07, 6.45) is 0. The third kappa shape index (κ3) is 2.40. The molecule has 0 amide bonds. The first-order chi connectivity index (χ1) is 8.21. The topological polar surface area (TPSA) is 0 Å². The van der Waals surface area contributed by atoms with E-state index >= 15 is 0 Å². The quantitative estimate of drug-likeness (QED) is 0.582. The van der Waals surface area contributed by atoms with Crippen molar-refractivity contribution in [3.8, 4) is 0 Å². The highest BCUT2D eigenvalue weighted by molar-refractivity contribution is 6.88. The molecule has 0 aliphatic rings. The molecule has 0 N–H and O–H groups in total. The largest absolute Gasteiger partial charge is 0.308 e. The molecular formula is C14H18F2Si2. The van der Waals surface area contributed by atoms with Gasteiger partial charge in [0, 0.05) is 0 Å². The van der Waals surface area contributed by atoms with E-state index in [0.717, 1.165) is 21.1 Å². The molecule has 0 bridgehead atoms. The third-order valence-corrected chi connectivity index (χ3v) is 6.64. The molecule has 0 unspecified atom stereocenters. The Bertz CT molecular complexity index is 528. The molecule has 18 heavy (non-hydrogen) atoms. The molecule has 0 aromatic heterocycles. The van der Waals surface area contributed by atoms with Gasteiger partial charge in [0.05, 0.1) is 0 Å². The van der Waals surface area contributed by atoms with Crippen LogP contribution >= 0.6 is 0 Å². The predicted molar refractivity (Wildman–Crippen MR) is 80.4 cm³/mol. The fourth-order valence-electron chi connectivity index (χ4n) is 2.34. The number of benzene rings is 2. The lowest BCUT2D eigenvalue weighted by Crippen LogP contribution is -2.42. The number of hydrogen-bond acceptors (Lipinski definition) is 0. The summed E-state index contributed by atoms with van der Waals surface area (Å²) in [5.41, 5.74) is 0. The van der Waals surface area contributed by atoms with Crippen LogP contribution in [0.4, 0.5) is 8.22 Å². The van der Waals surface area contributed by atoms with Crippen LogP contribution in [0.2, 0.25) is 26.2 Å². The first-order valence-electron chi connectivity index (χ1n) is 6.12. The maximum absolute atomic E-state index is 14.3. The van der Waals surface area contributed by atoms with Crippen LogP contribution in [0.3, 0.4) is 0 Å². The van der Waals surface area contributed by atoms with Crippen molar-refractivity contribution in [2.75, 3.05) is 0 Å². The smallest absolute Gasteiger partial charge is 0.272 e. The normalized spacial score (nSPS) is 13.0. The molecule has 0 saturated carbocycles. The standard InChI is InChI=1S/C14H18F2Si2/c1-17(2,15)13-9-10-14(18(3,4)16)12-8-6-5-7-11(12)13/h5-10H,1-4H3. The second kappa shape index (κ2) is 4.28. The molecule has 0 aliphatic heterocycles. The Morgan fingerprint density at radius 2 is 1.00 bits per heavy atom. The van der Waals surface area contributed by atoms with Crippen LogP contribution in [-0.2, 0) is 0 Å². The van der Waals surface area contributed by atoms with Gasteiger partial charge in [-0.3, -0.25) is 0 Å². The van der Waals surface area contributed by atoms with Gasteiger partial charge in [0.1, 0.15) is 0 Å². The van der Waals surface area contributed by atoms with Gasteiger partial charge in [0.15, 0.2) is 0 Å². The van der Waals surface area contributed by atoms with E-state index < -0.39 is 16.8 Å². The molecule has 2 aromatic rings. The number of halogens is 2. The van der Waals surface area contributed by atoms with Crippen LogP contribution in [0.5, 0.6) is 0 Å². The van der Waals surface area contributed by atoms with Gasteiger partial charge in [-0.05, 0) is 47.3 Å². The zero-order valence-corrected chi connectivity index (χ0v) is 13.2. The van der Waals surface area contributed by atoms with Gasteiger partial charge in [-0.15, -0.1) is 0 Å². The molecule has 0 heterocycles. The molecule has 2 rings (SSSR count). The van der Waals surface area contributed by atoms with E-state index in [4.69, 9.17) is 0 Å².